The van der Waals surface area contributed by atoms with Gasteiger partial charge < -0.3 is 4.42 Å². The molecule has 0 spiro atoms. The van der Waals surface area contributed by atoms with Gasteiger partial charge >= 0.3 is 0 Å². The van der Waals surface area contributed by atoms with Crippen molar-refractivity contribution in [3.05, 3.63) is 65.3 Å². The molecular formula is C21H17ClFN5OS. The summed E-state index contributed by atoms with van der Waals surface area (Å²) in [6, 6.07) is 14.2. The lowest BCUT2D eigenvalue weighted by Crippen LogP contribution is -2.02. The lowest BCUT2D eigenvalue weighted by atomic mass is 10.2. The molecule has 152 valence electrons. The Morgan fingerprint density at radius 1 is 1.10 bits per heavy atom. The van der Waals surface area contributed by atoms with Gasteiger partial charge in [0.1, 0.15) is 5.82 Å². The van der Waals surface area contributed by atoms with Crippen molar-refractivity contribution in [1.82, 2.24) is 25.0 Å². The minimum Gasteiger partial charge on any atom is -0.419 e. The smallest absolute Gasteiger partial charge is 0.247 e. The molecule has 1 fully saturated rings. The number of halogens is 2. The normalized spacial score (nSPS) is 14.8. The van der Waals surface area contributed by atoms with Crippen LogP contribution in [0.3, 0.4) is 0 Å². The van der Waals surface area contributed by atoms with Gasteiger partial charge in [-0.15, -0.1) is 20.4 Å². The van der Waals surface area contributed by atoms with Crippen molar-refractivity contribution < 1.29 is 8.81 Å². The Hall–Kier alpha value is -2.71. The first-order valence-corrected chi connectivity index (χ1v) is 10.8. The van der Waals surface area contributed by atoms with E-state index in [1.165, 1.54) is 17.8 Å². The SMILES string of the molecule is C[C@H](Sc1nnc(-c2ccccc2F)n1C1CC1)c1nnc(-c2cccc(Cl)c2)o1. The molecule has 2 aromatic carbocycles. The largest absolute Gasteiger partial charge is 0.419 e. The average Bonchev–Trinajstić information content (AvgIpc) is 3.30. The van der Waals surface area contributed by atoms with Crippen molar-refractivity contribution in [2.45, 2.75) is 36.2 Å². The van der Waals surface area contributed by atoms with Gasteiger partial charge in [0.25, 0.3) is 0 Å². The maximum atomic E-state index is 14.3. The van der Waals surface area contributed by atoms with Crippen molar-refractivity contribution >= 4 is 23.4 Å². The topological polar surface area (TPSA) is 69.6 Å². The molecule has 0 amide bonds. The summed E-state index contributed by atoms with van der Waals surface area (Å²) in [7, 11) is 0. The van der Waals surface area contributed by atoms with Crippen LogP contribution in [0.4, 0.5) is 4.39 Å². The van der Waals surface area contributed by atoms with Crippen LogP contribution < -0.4 is 0 Å². The highest BCUT2D eigenvalue weighted by atomic mass is 35.5. The molecular weight excluding hydrogens is 425 g/mol. The fourth-order valence-electron chi connectivity index (χ4n) is 3.19. The van der Waals surface area contributed by atoms with Crippen LogP contribution in [-0.4, -0.2) is 25.0 Å². The van der Waals surface area contributed by atoms with Gasteiger partial charge in [-0.25, -0.2) is 4.39 Å². The monoisotopic (exact) mass is 441 g/mol. The second kappa shape index (κ2) is 7.85. The molecule has 1 aliphatic carbocycles. The second-order valence-electron chi connectivity index (χ2n) is 7.10. The van der Waals surface area contributed by atoms with Gasteiger partial charge in [-0.3, -0.25) is 4.57 Å². The molecule has 0 unspecified atom stereocenters. The molecule has 9 heteroatoms. The Morgan fingerprint density at radius 3 is 2.70 bits per heavy atom. The highest BCUT2D eigenvalue weighted by Gasteiger charge is 2.32. The average molecular weight is 442 g/mol. The van der Waals surface area contributed by atoms with Crippen molar-refractivity contribution in [3.8, 4) is 22.8 Å². The standard InChI is InChI=1S/C21H17ClFN5OS/c1-12(19-25-26-20(29-19)13-5-4-6-14(22)11-13)30-21-27-24-18(28(21)15-9-10-15)16-7-2-3-8-17(16)23/h2-8,11-12,15H,9-10H2,1H3/t12-/m0/s1. The van der Waals surface area contributed by atoms with E-state index in [-0.39, 0.29) is 17.1 Å². The zero-order chi connectivity index (χ0) is 20.7. The number of benzene rings is 2. The zero-order valence-corrected chi connectivity index (χ0v) is 17.6. The molecule has 1 atom stereocenters. The minimum atomic E-state index is -0.306. The summed E-state index contributed by atoms with van der Waals surface area (Å²) in [6.45, 7) is 1.97. The number of hydrogen-bond acceptors (Lipinski definition) is 6. The third-order valence-electron chi connectivity index (χ3n) is 4.83. The van der Waals surface area contributed by atoms with Gasteiger partial charge in [-0.05, 0) is 50.1 Å². The zero-order valence-electron chi connectivity index (χ0n) is 16.0. The van der Waals surface area contributed by atoms with Gasteiger partial charge in [0, 0.05) is 16.6 Å². The van der Waals surface area contributed by atoms with E-state index in [4.69, 9.17) is 16.0 Å². The summed E-state index contributed by atoms with van der Waals surface area (Å²) in [6.07, 6.45) is 2.06. The van der Waals surface area contributed by atoms with Crippen LogP contribution in [0.1, 0.15) is 36.9 Å². The van der Waals surface area contributed by atoms with Crippen LogP contribution >= 0.6 is 23.4 Å². The molecule has 2 heterocycles. The van der Waals surface area contributed by atoms with Crippen LogP contribution in [0.5, 0.6) is 0 Å². The first kappa shape index (κ1) is 19.3. The predicted molar refractivity (Wildman–Crippen MR) is 113 cm³/mol. The molecule has 4 aromatic rings. The molecule has 1 aliphatic rings. The Kier molecular flexibility index (Phi) is 5.04. The van der Waals surface area contributed by atoms with E-state index in [1.54, 1.807) is 30.3 Å². The third-order valence-corrected chi connectivity index (χ3v) is 6.11. The highest BCUT2D eigenvalue weighted by Crippen LogP contribution is 2.44. The summed E-state index contributed by atoms with van der Waals surface area (Å²) in [5.74, 6) is 1.14. The number of hydrogen-bond donors (Lipinski definition) is 0. The molecule has 0 N–H and O–H groups in total. The Labute approximate surface area is 181 Å². The molecule has 2 aromatic heterocycles. The Bertz CT molecular complexity index is 1210. The minimum absolute atomic E-state index is 0.152. The van der Waals surface area contributed by atoms with Crippen LogP contribution in [0.15, 0.2) is 58.1 Å². The van der Waals surface area contributed by atoms with Gasteiger partial charge in [0.05, 0.1) is 10.8 Å². The molecule has 6 nitrogen and oxygen atoms in total. The number of thioether (sulfide) groups is 1. The van der Waals surface area contributed by atoms with Crippen molar-refractivity contribution in [3.63, 3.8) is 0 Å². The third kappa shape index (κ3) is 3.73. The van der Waals surface area contributed by atoms with Crippen LogP contribution in [0.2, 0.25) is 5.02 Å². The van der Waals surface area contributed by atoms with E-state index < -0.39 is 0 Å². The van der Waals surface area contributed by atoms with E-state index in [9.17, 15) is 4.39 Å². The Balaban J connectivity index is 1.42. The first-order valence-electron chi connectivity index (χ1n) is 9.56. The van der Waals surface area contributed by atoms with E-state index in [2.05, 4.69) is 20.4 Å². The van der Waals surface area contributed by atoms with Gasteiger partial charge in [0.2, 0.25) is 11.8 Å². The molecule has 5 rings (SSSR count). The molecule has 30 heavy (non-hydrogen) atoms. The fraction of sp³-hybridized carbons (Fsp3) is 0.238. The first-order chi connectivity index (χ1) is 14.6. The maximum absolute atomic E-state index is 14.3. The summed E-state index contributed by atoms with van der Waals surface area (Å²) >= 11 is 7.52. The maximum Gasteiger partial charge on any atom is 0.247 e. The number of rotatable bonds is 6. The van der Waals surface area contributed by atoms with Gasteiger partial charge in [0.15, 0.2) is 11.0 Å². The van der Waals surface area contributed by atoms with Crippen molar-refractivity contribution in [2.24, 2.45) is 0 Å². The van der Waals surface area contributed by atoms with Gasteiger partial charge in [-0.1, -0.05) is 41.6 Å². The van der Waals surface area contributed by atoms with Crippen molar-refractivity contribution in [2.75, 3.05) is 0 Å². The molecule has 0 saturated heterocycles. The summed E-state index contributed by atoms with van der Waals surface area (Å²) in [5.41, 5.74) is 1.22. The quantitative estimate of drug-likeness (QED) is 0.343. The van der Waals surface area contributed by atoms with E-state index in [0.717, 1.165) is 18.4 Å². The molecule has 0 bridgehead atoms. The van der Waals surface area contributed by atoms with Crippen LogP contribution in [-0.2, 0) is 0 Å². The summed E-state index contributed by atoms with van der Waals surface area (Å²) < 4.78 is 22.2. The van der Waals surface area contributed by atoms with E-state index >= 15 is 0 Å². The fourth-order valence-corrected chi connectivity index (χ4v) is 4.33. The molecule has 0 radical (unpaired) electrons. The summed E-state index contributed by atoms with van der Waals surface area (Å²) in [4.78, 5) is 0. The van der Waals surface area contributed by atoms with Crippen LogP contribution in [0.25, 0.3) is 22.8 Å². The molecule has 0 aliphatic heterocycles. The Morgan fingerprint density at radius 2 is 1.93 bits per heavy atom. The summed E-state index contributed by atoms with van der Waals surface area (Å²) in [5, 5.41) is 18.1. The molecule has 1 saturated carbocycles. The second-order valence-corrected chi connectivity index (χ2v) is 8.85. The number of nitrogens with zero attached hydrogens (tertiary/aromatic N) is 5. The van der Waals surface area contributed by atoms with E-state index in [0.29, 0.717) is 33.3 Å². The number of aromatic nitrogens is 5. The van der Waals surface area contributed by atoms with E-state index in [1.807, 2.05) is 23.6 Å². The highest BCUT2D eigenvalue weighted by molar-refractivity contribution is 7.99. The van der Waals surface area contributed by atoms with Gasteiger partial charge in [-0.2, -0.15) is 0 Å². The van der Waals surface area contributed by atoms with Crippen molar-refractivity contribution in [1.29, 1.82) is 0 Å². The lowest BCUT2D eigenvalue weighted by Gasteiger charge is -2.11. The van der Waals surface area contributed by atoms with Crippen LogP contribution in [0, 0.1) is 5.82 Å². The predicted octanol–water partition coefficient (Wildman–Crippen LogP) is 5.98. The lowest BCUT2D eigenvalue weighted by molar-refractivity contribution is 0.508.